The van der Waals surface area contributed by atoms with Gasteiger partial charge in [0.25, 0.3) is 0 Å². The first kappa shape index (κ1) is 19.8. The average molecular weight is 488 g/mol. The maximum atomic E-state index is 2.45. The van der Waals surface area contributed by atoms with Crippen LogP contribution in [0.1, 0.15) is 28.7 Å². The molecule has 0 saturated heterocycles. The Hall–Kier alpha value is -2.89. The van der Waals surface area contributed by atoms with Gasteiger partial charge in [-0.15, -0.1) is 0 Å². The van der Waals surface area contributed by atoms with E-state index in [0.29, 0.717) is 0 Å². The third-order valence-electron chi connectivity index (χ3n) is 6.59. The van der Waals surface area contributed by atoms with Gasteiger partial charge in [-0.3, -0.25) is 0 Å². The van der Waals surface area contributed by atoms with Crippen LogP contribution in [0, 0.1) is 0 Å². The molecule has 0 aliphatic heterocycles. The molecule has 0 amide bonds. The van der Waals surface area contributed by atoms with Crippen molar-refractivity contribution < 1.29 is 21.3 Å². The Balaban J connectivity index is 1.68. The second-order valence-electron chi connectivity index (χ2n) is 8.47. The fourth-order valence-electron chi connectivity index (χ4n) is 5.16. The van der Waals surface area contributed by atoms with Gasteiger partial charge in [0, 0.05) is 0 Å². The molecule has 0 bridgehead atoms. The van der Waals surface area contributed by atoms with E-state index in [1.807, 2.05) is 0 Å². The fraction of sp³-hybridized carbons (Fsp3) is 0.0645. The van der Waals surface area contributed by atoms with Gasteiger partial charge in [-0.05, 0) is 0 Å². The first-order chi connectivity index (χ1) is 15.9. The summed E-state index contributed by atoms with van der Waals surface area (Å²) in [6.07, 6.45) is 9.17. The van der Waals surface area contributed by atoms with E-state index in [9.17, 15) is 0 Å². The molecular formula is C31H24Zr. The third kappa shape index (κ3) is 3.46. The zero-order chi connectivity index (χ0) is 21.3. The minimum atomic E-state index is -2.46. The number of hydrogen-bond acceptors (Lipinski definition) is 0. The quantitative estimate of drug-likeness (QED) is 0.267. The molecule has 2 aliphatic rings. The number of benzene rings is 4. The summed E-state index contributed by atoms with van der Waals surface area (Å²) in [5, 5.41) is 0. The van der Waals surface area contributed by atoms with Crippen LogP contribution in [0.4, 0.5) is 0 Å². The summed E-state index contributed by atoms with van der Waals surface area (Å²) in [5.74, 6) is 0. The van der Waals surface area contributed by atoms with Gasteiger partial charge in [0.2, 0.25) is 0 Å². The molecule has 0 nitrogen and oxygen atoms in total. The topological polar surface area (TPSA) is 0 Å². The van der Waals surface area contributed by atoms with Gasteiger partial charge >= 0.3 is 199 Å². The summed E-state index contributed by atoms with van der Waals surface area (Å²) in [5.41, 5.74) is 8.68. The average Bonchev–Trinajstić information content (AvgIpc) is 3.52. The molecule has 152 valence electrons. The van der Waals surface area contributed by atoms with Crippen molar-refractivity contribution in [3.05, 3.63) is 147 Å². The Morgan fingerprint density at radius 2 is 1.28 bits per heavy atom. The van der Waals surface area contributed by atoms with E-state index in [-0.39, 0.29) is 0 Å². The molecule has 0 saturated carbocycles. The van der Waals surface area contributed by atoms with Crippen LogP contribution < -0.4 is 3.27 Å². The number of fused-ring (bicyclic) bond motifs is 3. The van der Waals surface area contributed by atoms with Crippen molar-refractivity contribution in [1.29, 1.82) is 0 Å². The van der Waals surface area contributed by atoms with Crippen LogP contribution in [0.3, 0.4) is 0 Å². The summed E-state index contributed by atoms with van der Waals surface area (Å²) < 4.78 is 4.89. The van der Waals surface area contributed by atoms with Crippen molar-refractivity contribution in [3.8, 4) is 11.1 Å². The normalized spacial score (nSPS) is 13.4. The van der Waals surface area contributed by atoms with E-state index < -0.39 is 21.3 Å². The molecule has 2 aliphatic carbocycles. The zero-order valence-corrected chi connectivity index (χ0v) is 20.4. The number of hydrogen-bond donors (Lipinski definition) is 0. The Morgan fingerprint density at radius 3 is 1.97 bits per heavy atom. The first-order valence-electron chi connectivity index (χ1n) is 11.3. The standard InChI is InChI=1S/C13H9.C13H10.C5H5.Zr/c1-3-7-12-10(5-1)9-11-6-2-4-8-13(11)12;1-3-7-12(8-4-1)11-13-9-5-2-6-10-13;1-2-4-5-3-1;/h1-5,7-8H,9H2;1-10H;1-3H,4H2;. The van der Waals surface area contributed by atoms with Gasteiger partial charge in [0.15, 0.2) is 0 Å². The first-order valence-corrected chi connectivity index (χ1v) is 15.0. The van der Waals surface area contributed by atoms with Crippen molar-refractivity contribution in [2.75, 3.05) is 0 Å². The molecule has 0 aromatic heterocycles. The second-order valence-corrected chi connectivity index (χ2v) is 14.4. The van der Waals surface area contributed by atoms with Gasteiger partial charge in [-0.1, -0.05) is 0 Å². The minimum absolute atomic E-state index is 1.06. The van der Waals surface area contributed by atoms with Gasteiger partial charge in [0.1, 0.15) is 0 Å². The van der Waals surface area contributed by atoms with Gasteiger partial charge in [0.05, 0.1) is 0 Å². The molecule has 32 heavy (non-hydrogen) atoms. The molecule has 4 aromatic carbocycles. The number of allylic oxidation sites excluding steroid dienone is 4. The van der Waals surface area contributed by atoms with Crippen molar-refractivity contribution in [3.63, 3.8) is 0 Å². The Kier molecular flexibility index (Phi) is 5.29. The predicted octanol–water partition coefficient (Wildman–Crippen LogP) is 6.61. The number of rotatable bonds is 4. The van der Waals surface area contributed by atoms with Crippen LogP contribution >= 0.6 is 0 Å². The van der Waals surface area contributed by atoms with E-state index >= 15 is 0 Å². The van der Waals surface area contributed by atoms with Gasteiger partial charge in [-0.25, -0.2) is 0 Å². The molecule has 0 atom stereocenters. The Bertz CT molecular complexity index is 1350. The summed E-state index contributed by atoms with van der Waals surface area (Å²) in [6, 6.07) is 38.3. The molecule has 4 aromatic rings. The predicted molar refractivity (Wildman–Crippen MR) is 132 cm³/mol. The van der Waals surface area contributed by atoms with Crippen molar-refractivity contribution in [2.45, 2.75) is 12.8 Å². The molecule has 0 fully saturated rings. The third-order valence-corrected chi connectivity index (χ3v) is 14.2. The van der Waals surface area contributed by atoms with E-state index in [4.69, 9.17) is 0 Å². The van der Waals surface area contributed by atoms with Crippen molar-refractivity contribution >= 4 is 6.48 Å². The van der Waals surface area contributed by atoms with Crippen LogP contribution in [0.2, 0.25) is 0 Å². The van der Waals surface area contributed by atoms with Crippen LogP contribution in [0.25, 0.3) is 11.1 Å². The molecule has 0 heterocycles. The van der Waals surface area contributed by atoms with E-state index in [1.165, 1.54) is 27.8 Å². The SMILES string of the molecule is C1=CC[C]([Zr](=[C](c2ccccc2)c2ccccc2)[c]2cccc3c2Cc2ccccc2-3)=C1. The Labute approximate surface area is 197 Å². The molecule has 6 rings (SSSR count). The maximum absolute atomic E-state index is 2.46. The molecule has 1 heteroatoms. The van der Waals surface area contributed by atoms with E-state index in [0.717, 1.165) is 12.8 Å². The van der Waals surface area contributed by atoms with Crippen molar-refractivity contribution in [1.82, 2.24) is 0 Å². The van der Waals surface area contributed by atoms with E-state index in [2.05, 4.69) is 121 Å². The summed E-state index contributed by atoms with van der Waals surface area (Å²) in [6.45, 7) is 0. The molecule has 0 radical (unpaired) electrons. The van der Waals surface area contributed by atoms with E-state index in [1.54, 1.807) is 15.3 Å². The van der Waals surface area contributed by atoms with Crippen LogP contribution in [0.5, 0.6) is 0 Å². The van der Waals surface area contributed by atoms with Gasteiger partial charge in [-0.2, -0.15) is 0 Å². The van der Waals surface area contributed by atoms with Crippen molar-refractivity contribution in [2.24, 2.45) is 0 Å². The zero-order valence-electron chi connectivity index (χ0n) is 18.0. The van der Waals surface area contributed by atoms with Gasteiger partial charge < -0.3 is 0 Å². The molecule has 0 unspecified atom stereocenters. The molecular weight excluding hydrogens is 464 g/mol. The second kappa shape index (κ2) is 8.57. The Morgan fingerprint density at radius 1 is 0.625 bits per heavy atom. The fourth-order valence-corrected chi connectivity index (χ4v) is 13.1. The monoisotopic (exact) mass is 486 g/mol. The van der Waals surface area contributed by atoms with Crippen LogP contribution in [0.15, 0.2) is 125 Å². The summed E-state index contributed by atoms with van der Waals surface area (Å²) in [7, 11) is 0. The molecule has 0 N–H and O–H groups in total. The van der Waals surface area contributed by atoms with Crippen LogP contribution in [-0.4, -0.2) is 3.21 Å². The van der Waals surface area contributed by atoms with Crippen LogP contribution in [-0.2, 0) is 27.7 Å². The summed E-state index contributed by atoms with van der Waals surface area (Å²) >= 11 is -2.46. The summed E-state index contributed by atoms with van der Waals surface area (Å²) in [4.78, 5) is 0. The molecule has 0 spiro atoms.